The molecular formula is C14H18ClFN4. The molecule has 108 valence electrons. The largest absolute Gasteiger partial charge is 0.271 e. The van der Waals surface area contributed by atoms with E-state index in [4.69, 9.17) is 17.4 Å². The van der Waals surface area contributed by atoms with Gasteiger partial charge in [0, 0.05) is 7.05 Å². The Labute approximate surface area is 122 Å². The molecule has 0 saturated carbocycles. The molecule has 2 rings (SSSR count). The Morgan fingerprint density at radius 2 is 2.20 bits per heavy atom. The minimum absolute atomic E-state index is 0.125. The lowest BCUT2D eigenvalue weighted by atomic mass is 10.0. The van der Waals surface area contributed by atoms with Crippen LogP contribution in [0.3, 0.4) is 0 Å². The molecule has 0 radical (unpaired) electrons. The number of benzene rings is 1. The van der Waals surface area contributed by atoms with Crippen molar-refractivity contribution >= 4 is 11.6 Å². The Bertz CT molecular complexity index is 597. The van der Waals surface area contributed by atoms with Crippen molar-refractivity contribution in [3.8, 4) is 0 Å². The van der Waals surface area contributed by atoms with E-state index in [1.165, 1.54) is 6.07 Å². The molecule has 0 aliphatic rings. The van der Waals surface area contributed by atoms with Crippen LogP contribution in [0, 0.1) is 5.82 Å². The van der Waals surface area contributed by atoms with Crippen molar-refractivity contribution < 1.29 is 4.39 Å². The summed E-state index contributed by atoms with van der Waals surface area (Å²) in [7, 11) is 1.88. The summed E-state index contributed by atoms with van der Waals surface area (Å²) >= 11 is 5.69. The van der Waals surface area contributed by atoms with Gasteiger partial charge in [0.05, 0.1) is 22.5 Å². The number of hydrazine groups is 1. The molecular weight excluding hydrogens is 279 g/mol. The van der Waals surface area contributed by atoms with E-state index in [2.05, 4.69) is 10.5 Å². The number of nitrogens with zero attached hydrogens (tertiary/aromatic N) is 2. The van der Waals surface area contributed by atoms with Crippen molar-refractivity contribution in [2.45, 2.75) is 25.8 Å². The number of nitrogens with two attached hydrogens (primary N) is 1. The quantitative estimate of drug-likeness (QED) is 0.658. The van der Waals surface area contributed by atoms with E-state index in [0.29, 0.717) is 6.42 Å². The van der Waals surface area contributed by atoms with Gasteiger partial charge in [-0.1, -0.05) is 24.6 Å². The minimum Gasteiger partial charge on any atom is -0.271 e. The third kappa shape index (κ3) is 3.17. The SMILES string of the molecule is CCc1cc(C(Cc2ccc(Cl)c(F)c2)NN)n(C)n1. The van der Waals surface area contributed by atoms with Gasteiger partial charge in [0.15, 0.2) is 0 Å². The summed E-state index contributed by atoms with van der Waals surface area (Å²) < 4.78 is 15.3. The van der Waals surface area contributed by atoms with Crippen LogP contribution in [0.5, 0.6) is 0 Å². The summed E-state index contributed by atoms with van der Waals surface area (Å²) in [4.78, 5) is 0. The molecule has 0 spiro atoms. The van der Waals surface area contributed by atoms with E-state index in [-0.39, 0.29) is 11.1 Å². The molecule has 6 heteroatoms. The van der Waals surface area contributed by atoms with Crippen molar-refractivity contribution in [2.75, 3.05) is 0 Å². The highest BCUT2D eigenvalue weighted by atomic mass is 35.5. The van der Waals surface area contributed by atoms with Crippen LogP contribution < -0.4 is 11.3 Å². The van der Waals surface area contributed by atoms with E-state index in [1.54, 1.807) is 16.8 Å². The van der Waals surface area contributed by atoms with Gasteiger partial charge in [-0.05, 0) is 36.6 Å². The maximum atomic E-state index is 13.5. The fourth-order valence-electron chi connectivity index (χ4n) is 2.19. The van der Waals surface area contributed by atoms with Crippen molar-refractivity contribution in [2.24, 2.45) is 12.9 Å². The Kier molecular flexibility index (Phi) is 4.75. The highest BCUT2D eigenvalue weighted by Gasteiger charge is 2.16. The van der Waals surface area contributed by atoms with Crippen LogP contribution in [0.1, 0.15) is 29.9 Å². The monoisotopic (exact) mass is 296 g/mol. The Balaban J connectivity index is 2.23. The molecule has 0 aliphatic heterocycles. The van der Waals surface area contributed by atoms with E-state index in [1.807, 2.05) is 20.0 Å². The predicted octanol–water partition coefficient (Wildman–Crippen LogP) is 2.52. The van der Waals surface area contributed by atoms with Crippen LogP contribution in [0.25, 0.3) is 0 Å². The summed E-state index contributed by atoms with van der Waals surface area (Å²) in [5, 5.41) is 4.52. The zero-order chi connectivity index (χ0) is 14.7. The van der Waals surface area contributed by atoms with Gasteiger partial charge in [0.2, 0.25) is 0 Å². The Hall–Kier alpha value is -1.43. The van der Waals surface area contributed by atoms with Gasteiger partial charge in [-0.15, -0.1) is 0 Å². The predicted molar refractivity (Wildman–Crippen MR) is 77.8 cm³/mol. The number of hydrogen-bond donors (Lipinski definition) is 2. The number of hydrogen-bond acceptors (Lipinski definition) is 3. The lowest BCUT2D eigenvalue weighted by molar-refractivity contribution is 0.506. The van der Waals surface area contributed by atoms with Crippen LogP contribution in [-0.4, -0.2) is 9.78 Å². The molecule has 0 bridgehead atoms. The number of rotatable bonds is 5. The highest BCUT2D eigenvalue weighted by Crippen LogP contribution is 2.22. The second kappa shape index (κ2) is 6.35. The maximum absolute atomic E-state index is 13.5. The molecule has 3 N–H and O–H groups in total. The zero-order valence-electron chi connectivity index (χ0n) is 11.5. The summed E-state index contributed by atoms with van der Waals surface area (Å²) in [6.07, 6.45) is 1.42. The summed E-state index contributed by atoms with van der Waals surface area (Å²) in [6.45, 7) is 2.05. The second-order valence-corrected chi connectivity index (χ2v) is 5.12. The van der Waals surface area contributed by atoms with Crippen LogP contribution in [0.2, 0.25) is 5.02 Å². The highest BCUT2D eigenvalue weighted by molar-refractivity contribution is 6.30. The molecule has 1 aromatic carbocycles. The van der Waals surface area contributed by atoms with E-state index in [9.17, 15) is 4.39 Å². The molecule has 4 nitrogen and oxygen atoms in total. The van der Waals surface area contributed by atoms with Crippen molar-refractivity contribution in [3.05, 3.63) is 52.1 Å². The van der Waals surface area contributed by atoms with Gasteiger partial charge in [-0.3, -0.25) is 16.0 Å². The average molecular weight is 297 g/mol. The molecule has 1 aromatic heterocycles. The maximum Gasteiger partial charge on any atom is 0.142 e. The third-order valence-electron chi connectivity index (χ3n) is 3.31. The van der Waals surface area contributed by atoms with Gasteiger partial charge in [0.25, 0.3) is 0 Å². The first kappa shape index (κ1) is 15.0. The van der Waals surface area contributed by atoms with Gasteiger partial charge >= 0.3 is 0 Å². The number of aromatic nitrogens is 2. The van der Waals surface area contributed by atoms with Gasteiger partial charge in [-0.2, -0.15) is 5.10 Å². The van der Waals surface area contributed by atoms with Crippen molar-refractivity contribution in [3.63, 3.8) is 0 Å². The van der Waals surface area contributed by atoms with Crippen molar-refractivity contribution in [1.29, 1.82) is 0 Å². The smallest absolute Gasteiger partial charge is 0.142 e. The second-order valence-electron chi connectivity index (χ2n) is 4.71. The van der Waals surface area contributed by atoms with Crippen LogP contribution in [-0.2, 0) is 19.9 Å². The first-order chi connectivity index (χ1) is 9.55. The topological polar surface area (TPSA) is 55.9 Å². The summed E-state index contributed by atoms with van der Waals surface area (Å²) in [6, 6.07) is 6.67. The Morgan fingerprint density at radius 3 is 2.75 bits per heavy atom. The number of nitrogens with one attached hydrogen (secondary N) is 1. The lowest BCUT2D eigenvalue weighted by Gasteiger charge is -2.16. The fourth-order valence-corrected chi connectivity index (χ4v) is 2.31. The normalized spacial score (nSPS) is 12.7. The molecule has 1 heterocycles. The average Bonchev–Trinajstić information content (AvgIpc) is 2.81. The van der Waals surface area contributed by atoms with Gasteiger partial charge in [-0.25, -0.2) is 4.39 Å². The molecule has 1 unspecified atom stereocenters. The molecule has 0 saturated heterocycles. The van der Waals surface area contributed by atoms with Crippen LogP contribution in [0.15, 0.2) is 24.3 Å². The third-order valence-corrected chi connectivity index (χ3v) is 3.62. The fraction of sp³-hybridized carbons (Fsp3) is 0.357. The van der Waals surface area contributed by atoms with Gasteiger partial charge in [0.1, 0.15) is 5.82 Å². The molecule has 1 atom stereocenters. The lowest BCUT2D eigenvalue weighted by Crippen LogP contribution is -2.31. The van der Waals surface area contributed by atoms with E-state index >= 15 is 0 Å². The first-order valence-electron chi connectivity index (χ1n) is 6.48. The van der Waals surface area contributed by atoms with E-state index in [0.717, 1.165) is 23.4 Å². The number of aryl methyl sites for hydroxylation is 2. The number of halogens is 2. The molecule has 0 amide bonds. The summed E-state index contributed by atoms with van der Waals surface area (Å²) in [5.74, 6) is 5.21. The minimum atomic E-state index is -0.417. The molecule has 0 aliphatic carbocycles. The van der Waals surface area contributed by atoms with Crippen LogP contribution >= 0.6 is 11.6 Å². The first-order valence-corrected chi connectivity index (χ1v) is 6.85. The molecule has 0 fully saturated rings. The van der Waals surface area contributed by atoms with Crippen molar-refractivity contribution in [1.82, 2.24) is 15.2 Å². The van der Waals surface area contributed by atoms with Crippen LogP contribution in [0.4, 0.5) is 4.39 Å². The molecule has 2 aromatic rings. The summed E-state index contributed by atoms with van der Waals surface area (Å²) in [5.41, 5.74) is 5.57. The van der Waals surface area contributed by atoms with E-state index < -0.39 is 5.82 Å². The standard InChI is InChI=1S/C14H18ClFN4/c1-3-10-8-14(20(2)19-10)13(18-17)7-9-4-5-11(15)12(16)6-9/h4-6,8,13,18H,3,7,17H2,1-2H3. The Morgan fingerprint density at radius 1 is 1.45 bits per heavy atom. The molecule has 20 heavy (non-hydrogen) atoms. The zero-order valence-corrected chi connectivity index (χ0v) is 12.3. The van der Waals surface area contributed by atoms with Gasteiger partial charge < -0.3 is 0 Å².